The Bertz CT molecular complexity index is 869. The Kier molecular flexibility index (Phi) is 6.04. The molecule has 2 rings (SSSR count). The van der Waals surface area contributed by atoms with Crippen molar-refractivity contribution in [3.63, 3.8) is 0 Å². The van der Waals surface area contributed by atoms with Crippen molar-refractivity contribution in [2.24, 2.45) is 0 Å². The number of nitriles is 1. The van der Waals surface area contributed by atoms with Crippen LogP contribution in [0.2, 0.25) is 5.02 Å². The monoisotopic (exact) mass is 356 g/mol. The van der Waals surface area contributed by atoms with Gasteiger partial charge in [-0.3, -0.25) is 4.79 Å². The Morgan fingerprint density at radius 3 is 2.56 bits per heavy atom. The van der Waals surface area contributed by atoms with Gasteiger partial charge in [0.05, 0.1) is 19.2 Å². The Labute approximate surface area is 151 Å². The molecule has 0 aliphatic carbocycles. The fourth-order valence-electron chi connectivity index (χ4n) is 2.24. The standard InChI is InChI=1S/C19H17ClN2O3/c1-12-6-4-5-7-16(12)22-19(23)14(11-21)8-13-9-15(20)18(25-3)17(10-13)24-2/h4-10H,1-3H3,(H,22,23)/b14-8+. The number of carbonyl (C=O) groups excluding carboxylic acids is 1. The normalized spacial score (nSPS) is 10.8. The highest BCUT2D eigenvalue weighted by Gasteiger charge is 2.14. The van der Waals surface area contributed by atoms with E-state index in [-0.39, 0.29) is 5.57 Å². The highest BCUT2D eigenvalue weighted by Crippen LogP contribution is 2.36. The van der Waals surface area contributed by atoms with Crippen molar-refractivity contribution in [3.8, 4) is 17.6 Å². The van der Waals surface area contributed by atoms with Crippen LogP contribution in [-0.2, 0) is 4.79 Å². The molecule has 5 nitrogen and oxygen atoms in total. The van der Waals surface area contributed by atoms with E-state index in [0.29, 0.717) is 27.8 Å². The van der Waals surface area contributed by atoms with Gasteiger partial charge in [0.1, 0.15) is 11.6 Å². The lowest BCUT2D eigenvalue weighted by Gasteiger charge is -2.11. The van der Waals surface area contributed by atoms with Gasteiger partial charge in [0, 0.05) is 5.69 Å². The topological polar surface area (TPSA) is 71.3 Å². The molecule has 0 saturated carbocycles. The van der Waals surface area contributed by atoms with E-state index in [1.54, 1.807) is 18.2 Å². The summed E-state index contributed by atoms with van der Waals surface area (Å²) in [5.41, 5.74) is 2.06. The summed E-state index contributed by atoms with van der Waals surface area (Å²) in [4.78, 5) is 12.4. The van der Waals surface area contributed by atoms with Gasteiger partial charge in [-0.2, -0.15) is 5.26 Å². The average molecular weight is 357 g/mol. The number of anilines is 1. The molecule has 6 heteroatoms. The van der Waals surface area contributed by atoms with Crippen LogP contribution in [0.25, 0.3) is 6.08 Å². The third-order valence-corrected chi connectivity index (χ3v) is 3.81. The number of benzene rings is 2. The van der Waals surface area contributed by atoms with Crippen LogP contribution in [0.1, 0.15) is 11.1 Å². The number of halogens is 1. The molecule has 1 amide bonds. The fraction of sp³-hybridized carbons (Fsp3) is 0.158. The second-order valence-corrected chi connectivity index (χ2v) is 5.58. The van der Waals surface area contributed by atoms with Gasteiger partial charge < -0.3 is 14.8 Å². The van der Waals surface area contributed by atoms with Crippen molar-refractivity contribution in [1.29, 1.82) is 5.26 Å². The summed E-state index contributed by atoms with van der Waals surface area (Å²) in [6, 6.07) is 12.5. The third kappa shape index (κ3) is 4.31. The van der Waals surface area contributed by atoms with Crippen LogP contribution in [0.4, 0.5) is 5.69 Å². The molecule has 0 bridgehead atoms. The summed E-state index contributed by atoms with van der Waals surface area (Å²) >= 11 is 6.15. The summed E-state index contributed by atoms with van der Waals surface area (Å²) < 4.78 is 10.4. The van der Waals surface area contributed by atoms with Gasteiger partial charge in [0.25, 0.3) is 5.91 Å². The van der Waals surface area contributed by atoms with E-state index in [4.69, 9.17) is 21.1 Å². The Morgan fingerprint density at radius 1 is 1.24 bits per heavy atom. The minimum atomic E-state index is -0.497. The van der Waals surface area contributed by atoms with E-state index in [1.165, 1.54) is 20.3 Å². The number of hydrogen-bond donors (Lipinski definition) is 1. The number of hydrogen-bond acceptors (Lipinski definition) is 4. The van der Waals surface area contributed by atoms with Crippen molar-refractivity contribution in [2.45, 2.75) is 6.92 Å². The minimum Gasteiger partial charge on any atom is -0.493 e. The molecule has 25 heavy (non-hydrogen) atoms. The number of nitrogens with zero attached hydrogens (tertiary/aromatic N) is 1. The van der Waals surface area contributed by atoms with Gasteiger partial charge in [-0.15, -0.1) is 0 Å². The first-order chi connectivity index (χ1) is 12.0. The zero-order chi connectivity index (χ0) is 18.4. The number of nitrogens with one attached hydrogen (secondary N) is 1. The van der Waals surface area contributed by atoms with Crippen LogP contribution >= 0.6 is 11.6 Å². The Balaban J connectivity index is 2.34. The molecule has 0 radical (unpaired) electrons. The number of aryl methyl sites for hydroxylation is 1. The summed E-state index contributed by atoms with van der Waals surface area (Å²) in [6.45, 7) is 1.87. The van der Waals surface area contributed by atoms with E-state index in [0.717, 1.165) is 5.56 Å². The minimum absolute atomic E-state index is 0.0495. The molecule has 0 aliphatic heterocycles. The van der Waals surface area contributed by atoms with Crippen LogP contribution in [0.15, 0.2) is 42.0 Å². The molecule has 0 saturated heterocycles. The second kappa shape index (κ2) is 8.22. The number of amides is 1. The van der Waals surface area contributed by atoms with E-state index in [9.17, 15) is 10.1 Å². The molecule has 0 atom stereocenters. The molecule has 2 aromatic rings. The van der Waals surface area contributed by atoms with Gasteiger partial charge in [-0.1, -0.05) is 29.8 Å². The molecule has 0 aliphatic rings. The number of para-hydroxylation sites is 1. The number of carbonyl (C=O) groups is 1. The lowest BCUT2D eigenvalue weighted by molar-refractivity contribution is -0.112. The molecule has 0 unspecified atom stereocenters. The van der Waals surface area contributed by atoms with Crippen molar-refractivity contribution in [1.82, 2.24) is 0 Å². The molecule has 0 fully saturated rings. The number of methoxy groups -OCH3 is 2. The van der Waals surface area contributed by atoms with Crippen LogP contribution in [0.5, 0.6) is 11.5 Å². The van der Waals surface area contributed by atoms with Gasteiger partial charge >= 0.3 is 0 Å². The van der Waals surface area contributed by atoms with Gasteiger partial charge in [0.2, 0.25) is 0 Å². The zero-order valence-corrected chi connectivity index (χ0v) is 14.8. The largest absolute Gasteiger partial charge is 0.493 e. The van der Waals surface area contributed by atoms with Crippen molar-refractivity contribution in [3.05, 3.63) is 58.1 Å². The van der Waals surface area contributed by atoms with E-state index in [2.05, 4.69) is 5.32 Å². The predicted molar refractivity (Wildman–Crippen MR) is 98.0 cm³/mol. The van der Waals surface area contributed by atoms with Crippen LogP contribution < -0.4 is 14.8 Å². The van der Waals surface area contributed by atoms with Gasteiger partial charge in [0.15, 0.2) is 11.5 Å². The van der Waals surface area contributed by atoms with E-state index < -0.39 is 5.91 Å². The molecular formula is C19H17ClN2O3. The Hall–Kier alpha value is -2.97. The molecule has 0 aromatic heterocycles. The first-order valence-corrected chi connectivity index (χ1v) is 7.78. The molecular weight excluding hydrogens is 340 g/mol. The highest BCUT2D eigenvalue weighted by molar-refractivity contribution is 6.32. The molecule has 0 spiro atoms. The van der Waals surface area contributed by atoms with E-state index >= 15 is 0 Å². The maximum atomic E-state index is 12.4. The fourth-order valence-corrected chi connectivity index (χ4v) is 2.54. The van der Waals surface area contributed by atoms with Gasteiger partial charge in [-0.25, -0.2) is 0 Å². The maximum absolute atomic E-state index is 12.4. The van der Waals surface area contributed by atoms with Crippen LogP contribution in [-0.4, -0.2) is 20.1 Å². The van der Waals surface area contributed by atoms with Gasteiger partial charge in [-0.05, 0) is 42.3 Å². The van der Waals surface area contributed by atoms with Crippen molar-refractivity contribution in [2.75, 3.05) is 19.5 Å². The second-order valence-electron chi connectivity index (χ2n) is 5.18. The van der Waals surface area contributed by atoms with E-state index in [1.807, 2.05) is 31.2 Å². The predicted octanol–water partition coefficient (Wildman–Crippen LogP) is 4.21. The lowest BCUT2D eigenvalue weighted by atomic mass is 10.1. The summed E-state index contributed by atoms with van der Waals surface area (Å²) in [7, 11) is 2.97. The maximum Gasteiger partial charge on any atom is 0.266 e. The van der Waals surface area contributed by atoms with Crippen molar-refractivity contribution < 1.29 is 14.3 Å². The first kappa shape index (κ1) is 18.4. The third-order valence-electron chi connectivity index (χ3n) is 3.53. The number of rotatable bonds is 5. The van der Waals surface area contributed by atoms with Crippen molar-refractivity contribution >= 4 is 29.3 Å². The SMILES string of the molecule is COc1cc(/C=C(\C#N)C(=O)Nc2ccccc2C)cc(Cl)c1OC. The average Bonchev–Trinajstić information content (AvgIpc) is 2.60. The molecule has 2 aromatic carbocycles. The smallest absolute Gasteiger partial charge is 0.266 e. The highest BCUT2D eigenvalue weighted by atomic mass is 35.5. The zero-order valence-electron chi connectivity index (χ0n) is 14.1. The summed E-state index contributed by atoms with van der Waals surface area (Å²) in [5, 5.41) is 12.4. The quantitative estimate of drug-likeness (QED) is 0.643. The van der Waals surface area contributed by atoms with Crippen LogP contribution in [0.3, 0.4) is 0 Å². The number of ether oxygens (including phenoxy) is 2. The first-order valence-electron chi connectivity index (χ1n) is 7.40. The molecule has 128 valence electrons. The molecule has 0 heterocycles. The summed E-state index contributed by atoms with van der Waals surface area (Å²) in [5.74, 6) is 0.310. The lowest BCUT2D eigenvalue weighted by Crippen LogP contribution is -2.14. The molecule has 1 N–H and O–H groups in total. The summed E-state index contributed by atoms with van der Waals surface area (Å²) in [6.07, 6.45) is 1.45. The Morgan fingerprint density at radius 2 is 1.96 bits per heavy atom. The van der Waals surface area contributed by atoms with Crippen LogP contribution in [0, 0.1) is 18.3 Å².